The van der Waals surface area contributed by atoms with E-state index in [0.717, 1.165) is 0 Å². The molecular weight excluding hydrogens is 290 g/mol. The Labute approximate surface area is 110 Å². The summed E-state index contributed by atoms with van der Waals surface area (Å²) in [6.45, 7) is -0.194. The van der Waals surface area contributed by atoms with Crippen LogP contribution in [-0.2, 0) is 14.3 Å². The standard InChI is InChI=1S/C11H13NO4.BrH/c1-15-11(14)9(12)7-16-10(13)8-5-3-2-4-6-8;/h2-6,9H,7,12H2,1H3;1H. The van der Waals surface area contributed by atoms with Crippen LogP contribution in [0.2, 0.25) is 0 Å². The largest absolute Gasteiger partial charge is 0.468 e. The van der Waals surface area contributed by atoms with Crippen molar-refractivity contribution in [3.05, 3.63) is 35.9 Å². The van der Waals surface area contributed by atoms with E-state index in [0.29, 0.717) is 5.56 Å². The van der Waals surface area contributed by atoms with Crippen molar-refractivity contribution in [1.29, 1.82) is 0 Å². The fourth-order valence-electron chi connectivity index (χ4n) is 1.04. The molecule has 0 spiro atoms. The van der Waals surface area contributed by atoms with Gasteiger partial charge in [0.2, 0.25) is 0 Å². The fourth-order valence-corrected chi connectivity index (χ4v) is 1.04. The first-order chi connectivity index (χ1) is 7.65. The molecule has 5 nitrogen and oxygen atoms in total. The minimum absolute atomic E-state index is 0. The van der Waals surface area contributed by atoms with Crippen molar-refractivity contribution in [2.24, 2.45) is 5.73 Å². The number of hydrogen-bond donors (Lipinski definition) is 1. The van der Waals surface area contributed by atoms with E-state index in [9.17, 15) is 9.59 Å². The highest BCUT2D eigenvalue weighted by Gasteiger charge is 2.16. The predicted octanol–water partition coefficient (Wildman–Crippen LogP) is 0.922. The highest BCUT2D eigenvalue weighted by molar-refractivity contribution is 8.93. The molecule has 0 heterocycles. The lowest BCUT2D eigenvalue weighted by molar-refractivity contribution is -0.143. The van der Waals surface area contributed by atoms with Crippen LogP contribution in [0.3, 0.4) is 0 Å². The van der Waals surface area contributed by atoms with Crippen molar-refractivity contribution in [3.63, 3.8) is 0 Å². The molecular formula is C11H14BrNO4. The van der Waals surface area contributed by atoms with Gasteiger partial charge in [0.25, 0.3) is 0 Å². The van der Waals surface area contributed by atoms with Crippen molar-refractivity contribution < 1.29 is 19.1 Å². The molecule has 17 heavy (non-hydrogen) atoms. The molecule has 0 saturated carbocycles. The quantitative estimate of drug-likeness (QED) is 0.837. The fraction of sp³-hybridized carbons (Fsp3) is 0.273. The number of carbonyl (C=O) groups excluding carboxylic acids is 2. The highest BCUT2D eigenvalue weighted by atomic mass is 79.9. The van der Waals surface area contributed by atoms with E-state index in [2.05, 4.69) is 4.74 Å². The summed E-state index contributed by atoms with van der Waals surface area (Å²) >= 11 is 0. The van der Waals surface area contributed by atoms with E-state index in [1.54, 1.807) is 30.3 Å². The first kappa shape index (κ1) is 15.6. The third-order valence-electron chi connectivity index (χ3n) is 1.91. The lowest BCUT2D eigenvalue weighted by Gasteiger charge is -2.09. The van der Waals surface area contributed by atoms with Gasteiger partial charge in [-0.15, -0.1) is 17.0 Å². The second-order valence-electron chi connectivity index (χ2n) is 3.09. The van der Waals surface area contributed by atoms with E-state index < -0.39 is 18.0 Å². The van der Waals surface area contributed by atoms with Crippen LogP contribution in [-0.4, -0.2) is 31.7 Å². The molecule has 94 valence electrons. The summed E-state index contributed by atoms with van der Waals surface area (Å²) in [7, 11) is 1.22. The van der Waals surface area contributed by atoms with Crippen molar-refractivity contribution in [1.82, 2.24) is 0 Å². The Morgan fingerprint density at radius 1 is 1.29 bits per heavy atom. The van der Waals surface area contributed by atoms with Gasteiger partial charge in [-0.1, -0.05) is 18.2 Å². The van der Waals surface area contributed by atoms with Crippen molar-refractivity contribution in [2.75, 3.05) is 13.7 Å². The molecule has 1 atom stereocenters. The molecule has 0 bridgehead atoms. The van der Waals surface area contributed by atoms with E-state index in [-0.39, 0.29) is 23.6 Å². The Morgan fingerprint density at radius 3 is 2.41 bits per heavy atom. The van der Waals surface area contributed by atoms with Crippen LogP contribution in [0, 0.1) is 0 Å². The van der Waals surface area contributed by atoms with Crippen molar-refractivity contribution in [3.8, 4) is 0 Å². The van der Waals surface area contributed by atoms with Gasteiger partial charge in [-0.3, -0.25) is 4.79 Å². The summed E-state index contributed by atoms with van der Waals surface area (Å²) in [5, 5.41) is 0. The van der Waals surface area contributed by atoms with Gasteiger partial charge < -0.3 is 15.2 Å². The van der Waals surface area contributed by atoms with Gasteiger partial charge >= 0.3 is 11.9 Å². The Bertz CT molecular complexity index is 369. The molecule has 0 aliphatic heterocycles. The molecule has 0 fully saturated rings. The van der Waals surface area contributed by atoms with E-state index in [1.165, 1.54) is 7.11 Å². The minimum Gasteiger partial charge on any atom is -0.468 e. The second-order valence-corrected chi connectivity index (χ2v) is 3.09. The van der Waals surface area contributed by atoms with Crippen LogP contribution >= 0.6 is 17.0 Å². The molecule has 0 amide bonds. The molecule has 1 unspecified atom stereocenters. The smallest absolute Gasteiger partial charge is 0.338 e. The summed E-state index contributed by atoms with van der Waals surface area (Å²) in [4.78, 5) is 22.4. The third-order valence-corrected chi connectivity index (χ3v) is 1.91. The van der Waals surface area contributed by atoms with Crippen LogP contribution in [0.15, 0.2) is 30.3 Å². The Balaban J connectivity index is 0.00000256. The summed E-state index contributed by atoms with van der Waals surface area (Å²) in [5.74, 6) is -1.12. The van der Waals surface area contributed by atoms with E-state index in [1.807, 2.05) is 0 Å². The summed E-state index contributed by atoms with van der Waals surface area (Å²) in [6.07, 6.45) is 0. The third kappa shape index (κ3) is 4.97. The highest BCUT2D eigenvalue weighted by Crippen LogP contribution is 2.01. The predicted molar refractivity (Wildman–Crippen MR) is 67.0 cm³/mol. The number of carbonyl (C=O) groups is 2. The molecule has 6 heteroatoms. The van der Waals surface area contributed by atoms with Crippen LogP contribution in [0.25, 0.3) is 0 Å². The lowest BCUT2D eigenvalue weighted by atomic mass is 10.2. The van der Waals surface area contributed by atoms with Crippen LogP contribution in [0.4, 0.5) is 0 Å². The van der Waals surface area contributed by atoms with Gasteiger partial charge in [-0.05, 0) is 12.1 Å². The second kappa shape index (κ2) is 7.81. The average Bonchev–Trinajstić information content (AvgIpc) is 2.35. The van der Waals surface area contributed by atoms with Gasteiger partial charge in [0, 0.05) is 0 Å². The molecule has 0 aliphatic carbocycles. The Hall–Kier alpha value is -1.40. The Morgan fingerprint density at radius 2 is 1.88 bits per heavy atom. The molecule has 2 N–H and O–H groups in total. The first-order valence-corrected chi connectivity index (χ1v) is 4.70. The molecule has 0 aliphatic rings. The number of methoxy groups -OCH3 is 1. The number of benzene rings is 1. The van der Waals surface area contributed by atoms with Crippen LogP contribution in [0.1, 0.15) is 10.4 Å². The van der Waals surface area contributed by atoms with Crippen LogP contribution in [0.5, 0.6) is 0 Å². The molecule has 0 aromatic heterocycles. The van der Waals surface area contributed by atoms with Gasteiger partial charge in [0.15, 0.2) is 0 Å². The number of esters is 2. The van der Waals surface area contributed by atoms with Gasteiger partial charge in [-0.25, -0.2) is 4.79 Å². The number of rotatable bonds is 4. The van der Waals surface area contributed by atoms with Crippen molar-refractivity contribution in [2.45, 2.75) is 6.04 Å². The SMILES string of the molecule is Br.COC(=O)C(N)COC(=O)c1ccccc1. The number of hydrogen-bond acceptors (Lipinski definition) is 5. The molecule has 0 saturated heterocycles. The number of nitrogens with two attached hydrogens (primary N) is 1. The van der Waals surface area contributed by atoms with Gasteiger partial charge in [0.05, 0.1) is 12.7 Å². The molecule has 1 aromatic carbocycles. The summed E-state index contributed by atoms with van der Waals surface area (Å²) in [5.41, 5.74) is 5.82. The average molecular weight is 304 g/mol. The van der Waals surface area contributed by atoms with Gasteiger partial charge in [0.1, 0.15) is 12.6 Å². The van der Waals surface area contributed by atoms with Crippen LogP contribution < -0.4 is 5.73 Å². The van der Waals surface area contributed by atoms with E-state index >= 15 is 0 Å². The molecule has 1 aromatic rings. The normalized spacial score (nSPS) is 10.9. The lowest BCUT2D eigenvalue weighted by Crippen LogP contribution is -2.36. The maximum Gasteiger partial charge on any atom is 0.338 e. The van der Waals surface area contributed by atoms with E-state index in [4.69, 9.17) is 10.5 Å². The zero-order valence-electron chi connectivity index (χ0n) is 9.29. The zero-order chi connectivity index (χ0) is 12.0. The minimum atomic E-state index is -0.947. The molecule has 0 radical (unpaired) electrons. The van der Waals surface area contributed by atoms with Crippen molar-refractivity contribution >= 4 is 28.9 Å². The number of ether oxygens (including phenoxy) is 2. The first-order valence-electron chi connectivity index (χ1n) is 4.70. The summed E-state index contributed by atoms with van der Waals surface area (Å²) < 4.78 is 9.24. The monoisotopic (exact) mass is 303 g/mol. The summed E-state index contributed by atoms with van der Waals surface area (Å²) in [6, 6.07) is 7.51. The number of halogens is 1. The maximum atomic E-state index is 11.4. The Kier molecular flexibility index (Phi) is 7.16. The topological polar surface area (TPSA) is 78.6 Å². The molecule has 1 rings (SSSR count). The van der Waals surface area contributed by atoms with Gasteiger partial charge in [-0.2, -0.15) is 0 Å². The maximum absolute atomic E-state index is 11.4. The zero-order valence-corrected chi connectivity index (χ0v) is 11.0.